The monoisotopic (exact) mass is 212 g/mol. The molecule has 0 aromatic rings. The Morgan fingerprint density at radius 2 is 0.938 bits per heavy atom. The zero-order valence-corrected chi connectivity index (χ0v) is 8.74. The summed E-state index contributed by atoms with van der Waals surface area (Å²) >= 11 is 0. The fourth-order valence-electron chi connectivity index (χ4n) is 5.54. The van der Waals surface area contributed by atoms with Gasteiger partial charge in [0.2, 0.25) is 11.6 Å². The highest BCUT2D eigenvalue weighted by Gasteiger charge is 2.70. The summed E-state index contributed by atoms with van der Waals surface area (Å²) < 4.78 is 0. The van der Waals surface area contributed by atoms with Crippen LogP contribution in [0.25, 0.3) is 0 Å². The van der Waals surface area contributed by atoms with E-state index >= 15 is 0 Å². The molecule has 8 bridgehead atoms. The fourth-order valence-corrected chi connectivity index (χ4v) is 5.54. The molecule has 0 aromatic carbocycles. The van der Waals surface area contributed by atoms with Crippen molar-refractivity contribution >= 4 is 11.6 Å². The maximum absolute atomic E-state index is 12.2. The van der Waals surface area contributed by atoms with Gasteiger partial charge in [0, 0.05) is 11.8 Å². The van der Waals surface area contributed by atoms with Crippen LogP contribution in [0.15, 0.2) is 24.3 Å². The summed E-state index contributed by atoms with van der Waals surface area (Å²) in [6.07, 6.45) is 8.94. The number of fused-ring (bicyclic) bond motifs is 1. The van der Waals surface area contributed by atoms with Gasteiger partial charge in [-0.25, -0.2) is 0 Å². The molecule has 6 aliphatic rings. The van der Waals surface area contributed by atoms with Crippen molar-refractivity contribution in [2.45, 2.75) is 0 Å². The quantitative estimate of drug-likeness (QED) is 0.447. The predicted octanol–water partition coefficient (Wildman–Crippen LogP) is 1.23. The molecule has 16 heavy (non-hydrogen) atoms. The van der Waals surface area contributed by atoms with Crippen LogP contribution in [0, 0.1) is 47.3 Å². The number of hydrogen-bond donors (Lipinski definition) is 0. The smallest absolute Gasteiger partial charge is 0.202 e. The van der Waals surface area contributed by atoms with E-state index in [1.54, 1.807) is 0 Å². The number of carbonyl (C=O) groups is 2. The molecule has 0 amide bonds. The van der Waals surface area contributed by atoms with Crippen molar-refractivity contribution in [3.63, 3.8) is 0 Å². The van der Waals surface area contributed by atoms with E-state index in [0.29, 0.717) is 35.5 Å². The average molecular weight is 212 g/mol. The lowest BCUT2D eigenvalue weighted by Crippen LogP contribution is -2.33. The first-order valence-electron chi connectivity index (χ1n) is 6.24. The third-order valence-corrected chi connectivity index (χ3v) is 5.84. The highest BCUT2D eigenvalue weighted by atomic mass is 16.2. The first kappa shape index (κ1) is 7.99. The minimum absolute atomic E-state index is 0.00231. The predicted molar refractivity (Wildman–Crippen MR) is 56.2 cm³/mol. The van der Waals surface area contributed by atoms with E-state index in [4.69, 9.17) is 0 Å². The van der Waals surface area contributed by atoms with Gasteiger partial charge in [-0.3, -0.25) is 9.59 Å². The maximum atomic E-state index is 12.2. The van der Waals surface area contributed by atoms with Gasteiger partial charge in [0.15, 0.2) is 0 Å². The van der Waals surface area contributed by atoms with Gasteiger partial charge in [-0.05, 0) is 35.5 Å². The van der Waals surface area contributed by atoms with Crippen LogP contribution in [0.2, 0.25) is 0 Å². The molecule has 4 fully saturated rings. The zero-order chi connectivity index (χ0) is 10.6. The lowest BCUT2D eigenvalue weighted by atomic mass is 9.81. The van der Waals surface area contributed by atoms with Crippen molar-refractivity contribution in [2.75, 3.05) is 0 Å². The van der Waals surface area contributed by atoms with E-state index in [2.05, 4.69) is 24.3 Å². The van der Waals surface area contributed by atoms with Gasteiger partial charge in [-0.2, -0.15) is 0 Å². The van der Waals surface area contributed by atoms with Crippen LogP contribution in [0.5, 0.6) is 0 Å². The molecule has 0 heterocycles. The maximum Gasteiger partial charge on any atom is 0.202 e. The summed E-state index contributed by atoms with van der Waals surface area (Å²) in [5, 5.41) is 0. The zero-order valence-electron chi connectivity index (χ0n) is 8.74. The Hall–Kier alpha value is -1.18. The Balaban J connectivity index is 1.89. The minimum atomic E-state index is -0.0498. The number of ketones is 2. The molecule has 0 N–H and O–H groups in total. The average Bonchev–Trinajstić information content (AvgIpc) is 2.91. The summed E-state index contributed by atoms with van der Waals surface area (Å²) in [6.45, 7) is 0. The molecular weight excluding hydrogens is 200 g/mol. The van der Waals surface area contributed by atoms with Crippen molar-refractivity contribution in [1.82, 2.24) is 0 Å². The largest absolute Gasteiger partial charge is 0.291 e. The summed E-state index contributed by atoms with van der Waals surface area (Å²) in [5.41, 5.74) is 0. The van der Waals surface area contributed by atoms with E-state index in [-0.39, 0.29) is 23.4 Å². The molecule has 6 rings (SSSR count). The van der Waals surface area contributed by atoms with Crippen LogP contribution in [-0.2, 0) is 9.59 Å². The Bertz CT molecular complexity index is 427. The standard InChI is InChI=1S/C14H12O2/c15-13-11-5-1-2-6-9(5)10-7(11)3-4-8(10)12(6)14(13)16/h1-12H/t5-,6-,7-,8+,9?,10?,11?,12?/m0/s1. The topological polar surface area (TPSA) is 34.1 Å². The second kappa shape index (κ2) is 2.11. The second-order valence-electron chi connectivity index (χ2n) is 6.01. The molecule has 2 nitrogen and oxygen atoms in total. The molecular formula is C14H12O2. The molecule has 4 saturated carbocycles. The van der Waals surface area contributed by atoms with Crippen molar-refractivity contribution < 1.29 is 9.59 Å². The molecule has 0 saturated heterocycles. The van der Waals surface area contributed by atoms with Crippen LogP contribution >= 0.6 is 0 Å². The van der Waals surface area contributed by atoms with Crippen LogP contribution in [0.3, 0.4) is 0 Å². The summed E-state index contributed by atoms with van der Waals surface area (Å²) in [7, 11) is 0. The fraction of sp³-hybridized carbons (Fsp3) is 0.571. The van der Waals surface area contributed by atoms with Crippen molar-refractivity contribution in [1.29, 1.82) is 0 Å². The van der Waals surface area contributed by atoms with Crippen LogP contribution < -0.4 is 0 Å². The highest BCUT2D eigenvalue weighted by Crippen LogP contribution is 2.69. The Labute approximate surface area is 93.4 Å². The molecule has 0 radical (unpaired) electrons. The van der Waals surface area contributed by atoms with Gasteiger partial charge in [-0.15, -0.1) is 0 Å². The number of carbonyl (C=O) groups excluding carboxylic acids is 2. The number of Topliss-reactive ketones (excluding diaryl/α,β-unsaturated/α-hetero) is 2. The molecule has 80 valence electrons. The molecule has 4 unspecified atom stereocenters. The summed E-state index contributed by atoms with van der Waals surface area (Å²) in [4.78, 5) is 24.4. The number of rotatable bonds is 0. The molecule has 0 spiro atoms. The third-order valence-electron chi connectivity index (χ3n) is 5.84. The van der Waals surface area contributed by atoms with E-state index in [0.717, 1.165) is 0 Å². The van der Waals surface area contributed by atoms with Crippen LogP contribution in [0.4, 0.5) is 0 Å². The van der Waals surface area contributed by atoms with Crippen molar-refractivity contribution in [3.05, 3.63) is 24.3 Å². The van der Waals surface area contributed by atoms with Gasteiger partial charge in [-0.1, -0.05) is 24.3 Å². The van der Waals surface area contributed by atoms with Gasteiger partial charge < -0.3 is 0 Å². The molecule has 8 atom stereocenters. The molecule has 0 aromatic heterocycles. The first-order valence-corrected chi connectivity index (χ1v) is 6.24. The van der Waals surface area contributed by atoms with Gasteiger partial charge in [0.05, 0.1) is 0 Å². The lowest BCUT2D eigenvalue weighted by Gasteiger charge is -2.20. The normalized spacial score (nSPS) is 62.8. The second-order valence-corrected chi connectivity index (χ2v) is 6.01. The van der Waals surface area contributed by atoms with Crippen molar-refractivity contribution in [3.8, 4) is 0 Å². The van der Waals surface area contributed by atoms with Crippen LogP contribution in [0.1, 0.15) is 0 Å². The molecule has 2 heteroatoms. The Kier molecular flexibility index (Phi) is 1.05. The first-order chi connectivity index (χ1) is 7.79. The molecule has 0 aliphatic heterocycles. The highest BCUT2D eigenvalue weighted by molar-refractivity contribution is 6.40. The summed E-state index contributed by atoms with van der Waals surface area (Å²) in [5.74, 6) is 2.65. The van der Waals surface area contributed by atoms with Crippen LogP contribution in [-0.4, -0.2) is 11.6 Å². The van der Waals surface area contributed by atoms with E-state index in [1.165, 1.54) is 0 Å². The summed E-state index contributed by atoms with van der Waals surface area (Å²) in [6, 6.07) is 0. The number of hydrogen-bond acceptors (Lipinski definition) is 2. The molecule has 6 aliphatic carbocycles. The van der Waals surface area contributed by atoms with Gasteiger partial charge in [0.25, 0.3) is 0 Å². The minimum Gasteiger partial charge on any atom is -0.291 e. The van der Waals surface area contributed by atoms with E-state index < -0.39 is 0 Å². The van der Waals surface area contributed by atoms with Gasteiger partial charge >= 0.3 is 0 Å². The van der Waals surface area contributed by atoms with Crippen molar-refractivity contribution in [2.24, 2.45) is 47.3 Å². The Morgan fingerprint density at radius 3 is 1.25 bits per heavy atom. The van der Waals surface area contributed by atoms with E-state index in [1.807, 2.05) is 0 Å². The lowest BCUT2D eigenvalue weighted by molar-refractivity contribution is -0.141. The van der Waals surface area contributed by atoms with E-state index in [9.17, 15) is 9.59 Å². The number of allylic oxidation sites excluding steroid dienone is 4. The third kappa shape index (κ3) is 0.555. The van der Waals surface area contributed by atoms with Gasteiger partial charge in [0.1, 0.15) is 0 Å². The SMILES string of the molecule is O=C1C(=O)C2[C@H]3C=C[C@@H]4C1[C@H]1C=C[C@@H]2C1C43. The Morgan fingerprint density at radius 1 is 0.625 bits per heavy atom.